The molecule has 0 saturated heterocycles. The molecule has 0 amide bonds. The maximum absolute atomic E-state index is 11.0. The lowest BCUT2D eigenvalue weighted by atomic mass is 9.76. The van der Waals surface area contributed by atoms with Crippen LogP contribution in [0.1, 0.15) is 53.4 Å². The van der Waals surface area contributed by atoms with E-state index in [1.54, 1.807) is 0 Å². The third kappa shape index (κ3) is 3.98. The summed E-state index contributed by atoms with van der Waals surface area (Å²) < 4.78 is 0. The first-order valence-electron chi connectivity index (χ1n) is 6.91. The Morgan fingerprint density at radius 3 is 2.29 bits per heavy atom. The smallest absolute Gasteiger partial charge is 0.317 e. The highest BCUT2D eigenvalue weighted by molar-refractivity contribution is 5.69. The molecule has 1 aliphatic rings. The Bertz CT molecular complexity index is 251. The third-order valence-electron chi connectivity index (χ3n) is 4.04. The largest absolute Gasteiger partial charge is 0.480 e. The topological polar surface area (TPSA) is 40.5 Å². The summed E-state index contributed by atoms with van der Waals surface area (Å²) in [7, 11) is 0. The van der Waals surface area contributed by atoms with E-state index in [4.69, 9.17) is 5.11 Å². The highest BCUT2D eigenvalue weighted by atomic mass is 16.4. The molecular formula is C14H27NO2. The lowest BCUT2D eigenvalue weighted by Gasteiger charge is -2.43. The van der Waals surface area contributed by atoms with Gasteiger partial charge >= 0.3 is 5.97 Å². The number of carboxylic acid groups (broad SMARTS) is 1. The van der Waals surface area contributed by atoms with Gasteiger partial charge in [0, 0.05) is 12.1 Å². The molecule has 0 heterocycles. The summed E-state index contributed by atoms with van der Waals surface area (Å²) in [6.07, 6.45) is 4.97. The van der Waals surface area contributed by atoms with Gasteiger partial charge in [-0.2, -0.15) is 0 Å². The summed E-state index contributed by atoms with van der Waals surface area (Å²) in [5.41, 5.74) is 0. The van der Waals surface area contributed by atoms with E-state index in [1.165, 1.54) is 19.3 Å². The molecule has 2 unspecified atom stereocenters. The zero-order valence-corrected chi connectivity index (χ0v) is 11.6. The zero-order valence-electron chi connectivity index (χ0n) is 11.6. The van der Waals surface area contributed by atoms with Crippen LogP contribution in [-0.4, -0.2) is 34.6 Å². The summed E-state index contributed by atoms with van der Waals surface area (Å²) in [5.74, 6) is 0.604. The molecule has 17 heavy (non-hydrogen) atoms. The second-order valence-electron chi connectivity index (χ2n) is 5.92. The van der Waals surface area contributed by atoms with Crippen LogP contribution in [0.4, 0.5) is 0 Å². The molecule has 0 spiro atoms. The Morgan fingerprint density at radius 2 is 1.82 bits per heavy atom. The van der Waals surface area contributed by atoms with E-state index in [1.807, 2.05) is 0 Å². The molecule has 1 N–H and O–H groups in total. The van der Waals surface area contributed by atoms with Crippen LogP contribution < -0.4 is 0 Å². The van der Waals surface area contributed by atoms with Gasteiger partial charge < -0.3 is 5.11 Å². The minimum absolute atomic E-state index is 0.186. The van der Waals surface area contributed by atoms with Gasteiger partial charge in [-0.25, -0.2) is 0 Å². The molecule has 0 aromatic rings. The van der Waals surface area contributed by atoms with Crippen LogP contribution in [0.2, 0.25) is 0 Å². The summed E-state index contributed by atoms with van der Waals surface area (Å²) in [6, 6.07) is 0.773. The van der Waals surface area contributed by atoms with Crippen LogP contribution in [0.3, 0.4) is 0 Å². The number of nitrogens with zero attached hydrogens (tertiary/aromatic N) is 1. The van der Waals surface area contributed by atoms with E-state index in [2.05, 4.69) is 32.6 Å². The molecule has 1 rings (SSSR count). The maximum Gasteiger partial charge on any atom is 0.317 e. The molecule has 3 nitrogen and oxygen atoms in total. The standard InChI is InChI=1S/C14H27NO2/c1-10(2)12-7-5-6-8-13(12)15(11(3)4)9-14(16)17/h10-13H,5-9H2,1-4H3,(H,16,17). The highest BCUT2D eigenvalue weighted by Crippen LogP contribution is 2.34. The summed E-state index contributed by atoms with van der Waals surface area (Å²) in [5, 5.41) is 9.05. The summed E-state index contributed by atoms with van der Waals surface area (Å²) >= 11 is 0. The molecule has 0 radical (unpaired) electrons. The minimum Gasteiger partial charge on any atom is -0.480 e. The number of aliphatic carboxylic acids is 1. The number of rotatable bonds is 5. The van der Waals surface area contributed by atoms with E-state index in [0.29, 0.717) is 23.9 Å². The van der Waals surface area contributed by atoms with Gasteiger partial charge in [0.15, 0.2) is 0 Å². The van der Waals surface area contributed by atoms with Crippen molar-refractivity contribution in [1.29, 1.82) is 0 Å². The van der Waals surface area contributed by atoms with Gasteiger partial charge in [0.25, 0.3) is 0 Å². The monoisotopic (exact) mass is 241 g/mol. The minimum atomic E-state index is -0.702. The molecular weight excluding hydrogens is 214 g/mol. The first-order chi connectivity index (χ1) is 7.93. The molecule has 0 bridgehead atoms. The first kappa shape index (κ1) is 14.5. The number of hydrogen-bond donors (Lipinski definition) is 1. The Morgan fingerprint density at radius 1 is 1.24 bits per heavy atom. The third-order valence-corrected chi connectivity index (χ3v) is 4.04. The van der Waals surface area contributed by atoms with Crippen molar-refractivity contribution in [2.75, 3.05) is 6.54 Å². The van der Waals surface area contributed by atoms with E-state index < -0.39 is 5.97 Å². The zero-order chi connectivity index (χ0) is 13.0. The number of carbonyl (C=O) groups is 1. The SMILES string of the molecule is CC(C)C1CCCCC1N(CC(=O)O)C(C)C. The first-order valence-corrected chi connectivity index (χ1v) is 6.91. The molecule has 1 saturated carbocycles. The van der Waals surface area contributed by atoms with Gasteiger partial charge in [-0.15, -0.1) is 0 Å². The average Bonchev–Trinajstić information content (AvgIpc) is 2.25. The van der Waals surface area contributed by atoms with E-state index in [0.717, 1.165) is 6.42 Å². The van der Waals surface area contributed by atoms with E-state index >= 15 is 0 Å². The van der Waals surface area contributed by atoms with Crippen molar-refractivity contribution in [1.82, 2.24) is 4.90 Å². The van der Waals surface area contributed by atoms with Crippen LogP contribution in [0.5, 0.6) is 0 Å². The quantitative estimate of drug-likeness (QED) is 0.804. The summed E-state index contributed by atoms with van der Waals surface area (Å²) in [4.78, 5) is 13.2. The lowest BCUT2D eigenvalue weighted by Crippen LogP contribution is -2.49. The van der Waals surface area contributed by atoms with Crippen molar-refractivity contribution in [3.8, 4) is 0 Å². The van der Waals surface area contributed by atoms with Crippen LogP contribution in [0.25, 0.3) is 0 Å². The van der Waals surface area contributed by atoms with Crippen LogP contribution in [0, 0.1) is 11.8 Å². The molecule has 0 aromatic heterocycles. The molecule has 2 atom stereocenters. The van der Waals surface area contributed by atoms with Crippen LogP contribution in [0.15, 0.2) is 0 Å². The van der Waals surface area contributed by atoms with Gasteiger partial charge in [-0.1, -0.05) is 26.7 Å². The highest BCUT2D eigenvalue weighted by Gasteiger charge is 2.33. The lowest BCUT2D eigenvalue weighted by molar-refractivity contribution is -0.140. The van der Waals surface area contributed by atoms with Gasteiger partial charge in [0.05, 0.1) is 6.54 Å². The normalized spacial score (nSPS) is 25.8. The van der Waals surface area contributed by atoms with Gasteiger partial charge in [0.1, 0.15) is 0 Å². The Kier molecular flexibility index (Phi) is 5.44. The number of carboxylic acids is 1. The van der Waals surface area contributed by atoms with Crippen molar-refractivity contribution >= 4 is 5.97 Å². The second-order valence-corrected chi connectivity index (χ2v) is 5.92. The van der Waals surface area contributed by atoms with E-state index in [9.17, 15) is 4.79 Å². The second kappa shape index (κ2) is 6.39. The van der Waals surface area contributed by atoms with Crippen LogP contribution in [-0.2, 0) is 4.79 Å². The molecule has 100 valence electrons. The van der Waals surface area contributed by atoms with Crippen molar-refractivity contribution in [2.24, 2.45) is 11.8 Å². The maximum atomic E-state index is 11.0. The predicted octanol–water partition coefficient (Wildman–Crippen LogP) is 3.00. The van der Waals surface area contributed by atoms with Gasteiger partial charge in [-0.05, 0) is 38.5 Å². The molecule has 3 heteroatoms. The predicted molar refractivity (Wildman–Crippen MR) is 70.1 cm³/mol. The van der Waals surface area contributed by atoms with Gasteiger partial charge in [0.2, 0.25) is 0 Å². The molecule has 0 aliphatic heterocycles. The molecule has 0 aromatic carbocycles. The fourth-order valence-electron chi connectivity index (χ4n) is 3.17. The van der Waals surface area contributed by atoms with E-state index in [-0.39, 0.29) is 6.54 Å². The summed E-state index contributed by atoms with van der Waals surface area (Å²) in [6.45, 7) is 8.93. The van der Waals surface area contributed by atoms with Crippen LogP contribution >= 0.6 is 0 Å². The Balaban J connectivity index is 2.78. The fourth-order valence-corrected chi connectivity index (χ4v) is 3.17. The average molecular weight is 241 g/mol. The van der Waals surface area contributed by atoms with Crippen molar-refractivity contribution in [3.05, 3.63) is 0 Å². The Labute approximate surface area is 105 Å². The Hall–Kier alpha value is -0.570. The van der Waals surface area contributed by atoms with Crippen molar-refractivity contribution in [3.63, 3.8) is 0 Å². The molecule has 1 aliphatic carbocycles. The van der Waals surface area contributed by atoms with Crippen molar-refractivity contribution < 1.29 is 9.90 Å². The fraction of sp³-hybridized carbons (Fsp3) is 0.929. The molecule has 1 fully saturated rings. The van der Waals surface area contributed by atoms with Crippen molar-refractivity contribution in [2.45, 2.75) is 65.5 Å². The number of hydrogen-bond acceptors (Lipinski definition) is 2. The van der Waals surface area contributed by atoms with Gasteiger partial charge in [-0.3, -0.25) is 9.69 Å².